The third-order valence-electron chi connectivity index (χ3n) is 6.34. The topological polar surface area (TPSA) is 99.8 Å². The van der Waals surface area contributed by atoms with Crippen molar-refractivity contribution in [2.45, 2.75) is 26.3 Å². The maximum atomic E-state index is 13.7. The van der Waals surface area contributed by atoms with Crippen LogP contribution in [-0.4, -0.2) is 44.0 Å². The maximum Gasteiger partial charge on any atom is 0.333 e. The van der Waals surface area contributed by atoms with Gasteiger partial charge in [0.05, 0.1) is 20.8 Å². The van der Waals surface area contributed by atoms with E-state index >= 15 is 0 Å². The zero-order valence-corrected chi connectivity index (χ0v) is 21.0. The first-order chi connectivity index (χ1) is 18.1. The van der Waals surface area contributed by atoms with Crippen molar-refractivity contribution in [1.29, 1.82) is 0 Å². The van der Waals surface area contributed by atoms with Gasteiger partial charge in [0.1, 0.15) is 17.2 Å². The second-order valence-electron chi connectivity index (χ2n) is 8.61. The average molecular weight is 497 g/mol. The summed E-state index contributed by atoms with van der Waals surface area (Å²) in [6, 6.07) is 21.7. The van der Waals surface area contributed by atoms with Crippen LogP contribution in [0, 0.1) is 0 Å². The standard InChI is InChI=1S/C28H28N6O3/c1-4-8-21-18-34(26-24(36-2)11-7-12-25(26)37-3)28(35)33(21)17-19-13-15-20(16-14-19)22-9-5-6-10-23(22)27-29-31-32-30-27/h5-7,9-16,18H,4,8,17H2,1-3H3,(H,29,30,31,32). The number of nitrogens with zero attached hydrogens (tertiary/aromatic N) is 5. The molecular formula is C28H28N6O3. The Kier molecular flexibility index (Phi) is 6.85. The fraction of sp³-hybridized carbons (Fsp3) is 0.214. The number of ether oxygens (including phenoxy) is 2. The highest BCUT2D eigenvalue weighted by Gasteiger charge is 2.19. The molecule has 0 aliphatic rings. The number of benzene rings is 3. The second-order valence-corrected chi connectivity index (χ2v) is 8.61. The Balaban J connectivity index is 1.51. The van der Waals surface area contributed by atoms with Gasteiger partial charge in [-0.3, -0.25) is 9.13 Å². The summed E-state index contributed by atoms with van der Waals surface area (Å²) in [4.78, 5) is 13.7. The Morgan fingerprint density at radius 3 is 2.22 bits per heavy atom. The Labute approximate surface area is 214 Å². The van der Waals surface area contributed by atoms with E-state index in [2.05, 4.69) is 39.7 Å². The summed E-state index contributed by atoms with van der Waals surface area (Å²) in [5.74, 6) is 1.77. The molecule has 2 aromatic heterocycles. The van der Waals surface area contributed by atoms with Gasteiger partial charge in [-0.05, 0) is 45.7 Å². The molecule has 0 radical (unpaired) electrons. The molecule has 0 aliphatic carbocycles. The van der Waals surface area contributed by atoms with E-state index < -0.39 is 0 Å². The number of para-hydroxylation sites is 1. The zero-order chi connectivity index (χ0) is 25.8. The van der Waals surface area contributed by atoms with Crippen molar-refractivity contribution in [2.75, 3.05) is 14.2 Å². The van der Waals surface area contributed by atoms with Gasteiger partial charge in [-0.15, -0.1) is 5.10 Å². The molecule has 188 valence electrons. The SMILES string of the molecule is CCCc1cn(-c2c(OC)cccc2OC)c(=O)n1Cc1ccc(-c2ccccc2-c2nnn[nH]2)cc1. The van der Waals surface area contributed by atoms with E-state index in [1.807, 2.05) is 65.4 Å². The number of tetrazole rings is 1. The lowest BCUT2D eigenvalue weighted by Crippen LogP contribution is -2.25. The fourth-order valence-corrected chi connectivity index (χ4v) is 4.57. The lowest BCUT2D eigenvalue weighted by atomic mass is 9.98. The first-order valence-electron chi connectivity index (χ1n) is 12.1. The molecule has 3 aromatic carbocycles. The predicted octanol–water partition coefficient (Wildman–Crippen LogP) is 4.50. The third kappa shape index (κ3) is 4.63. The van der Waals surface area contributed by atoms with Gasteiger partial charge in [0.15, 0.2) is 5.82 Å². The molecule has 0 amide bonds. The highest BCUT2D eigenvalue weighted by molar-refractivity contribution is 5.80. The zero-order valence-electron chi connectivity index (χ0n) is 21.0. The first kappa shape index (κ1) is 24.1. The fourth-order valence-electron chi connectivity index (χ4n) is 4.57. The van der Waals surface area contributed by atoms with Gasteiger partial charge in [-0.25, -0.2) is 9.89 Å². The van der Waals surface area contributed by atoms with E-state index in [1.54, 1.807) is 18.8 Å². The van der Waals surface area contributed by atoms with Crippen LogP contribution in [0.4, 0.5) is 0 Å². The van der Waals surface area contributed by atoms with Crippen molar-refractivity contribution in [2.24, 2.45) is 0 Å². The lowest BCUT2D eigenvalue weighted by Gasteiger charge is -2.13. The van der Waals surface area contributed by atoms with Crippen LogP contribution in [-0.2, 0) is 13.0 Å². The van der Waals surface area contributed by atoms with Crippen molar-refractivity contribution in [3.8, 4) is 39.7 Å². The molecule has 9 nitrogen and oxygen atoms in total. The van der Waals surface area contributed by atoms with E-state index in [4.69, 9.17) is 9.47 Å². The normalized spacial score (nSPS) is 11.0. The summed E-state index contributed by atoms with van der Waals surface area (Å²) < 4.78 is 14.5. The minimum Gasteiger partial charge on any atom is -0.494 e. The summed E-state index contributed by atoms with van der Waals surface area (Å²) in [6.07, 6.45) is 3.58. The van der Waals surface area contributed by atoms with Gasteiger partial charge in [-0.1, -0.05) is 67.9 Å². The molecule has 0 fully saturated rings. The summed E-state index contributed by atoms with van der Waals surface area (Å²) >= 11 is 0. The Bertz CT molecular complexity index is 1530. The smallest absolute Gasteiger partial charge is 0.333 e. The number of nitrogens with one attached hydrogen (secondary N) is 1. The van der Waals surface area contributed by atoms with Crippen molar-refractivity contribution in [3.05, 3.63) is 94.7 Å². The van der Waals surface area contributed by atoms with Gasteiger partial charge >= 0.3 is 5.69 Å². The van der Waals surface area contributed by atoms with Gasteiger partial charge in [-0.2, -0.15) is 0 Å². The number of imidazole rings is 1. The molecule has 0 aliphatic heterocycles. The van der Waals surface area contributed by atoms with E-state index in [9.17, 15) is 4.79 Å². The van der Waals surface area contributed by atoms with E-state index in [0.717, 1.165) is 40.8 Å². The van der Waals surface area contributed by atoms with Crippen molar-refractivity contribution >= 4 is 0 Å². The molecule has 0 saturated heterocycles. The summed E-state index contributed by atoms with van der Waals surface area (Å²) in [7, 11) is 3.18. The maximum absolute atomic E-state index is 13.7. The van der Waals surface area contributed by atoms with E-state index in [1.165, 1.54) is 0 Å². The van der Waals surface area contributed by atoms with Gasteiger partial charge < -0.3 is 9.47 Å². The number of aromatic amines is 1. The molecular weight excluding hydrogens is 468 g/mol. The highest BCUT2D eigenvalue weighted by atomic mass is 16.5. The predicted molar refractivity (Wildman–Crippen MR) is 141 cm³/mol. The summed E-state index contributed by atoms with van der Waals surface area (Å²) in [5.41, 5.74) is 5.41. The number of aromatic nitrogens is 6. The number of rotatable bonds is 9. The minimum absolute atomic E-state index is 0.140. The quantitative estimate of drug-likeness (QED) is 0.322. The van der Waals surface area contributed by atoms with Crippen LogP contribution in [0.5, 0.6) is 11.5 Å². The highest BCUT2D eigenvalue weighted by Crippen LogP contribution is 2.32. The van der Waals surface area contributed by atoms with Gasteiger partial charge in [0.2, 0.25) is 0 Å². The molecule has 0 atom stereocenters. The van der Waals surface area contributed by atoms with Crippen LogP contribution in [0.1, 0.15) is 24.6 Å². The third-order valence-corrected chi connectivity index (χ3v) is 6.34. The van der Waals surface area contributed by atoms with Crippen LogP contribution in [0.25, 0.3) is 28.2 Å². The largest absolute Gasteiger partial charge is 0.494 e. The van der Waals surface area contributed by atoms with Gasteiger partial charge in [0, 0.05) is 17.5 Å². The Morgan fingerprint density at radius 1 is 0.892 bits per heavy atom. The number of methoxy groups -OCH3 is 2. The molecule has 0 unspecified atom stereocenters. The molecule has 9 heteroatoms. The Hall–Kier alpha value is -4.66. The minimum atomic E-state index is -0.140. The number of H-pyrrole nitrogens is 1. The van der Waals surface area contributed by atoms with Crippen LogP contribution in [0.15, 0.2) is 77.7 Å². The number of aryl methyl sites for hydroxylation is 1. The van der Waals surface area contributed by atoms with Crippen molar-refractivity contribution in [1.82, 2.24) is 29.8 Å². The molecule has 0 bridgehead atoms. The van der Waals surface area contributed by atoms with Crippen LogP contribution in [0.3, 0.4) is 0 Å². The molecule has 5 aromatic rings. The molecule has 0 saturated carbocycles. The van der Waals surface area contributed by atoms with Crippen LogP contribution < -0.4 is 15.2 Å². The molecule has 5 rings (SSSR count). The average Bonchev–Trinajstić information content (AvgIpc) is 3.58. The van der Waals surface area contributed by atoms with E-state index in [0.29, 0.717) is 29.6 Å². The van der Waals surface area contributed by atoms with Crippen LogP contribution in [0.2, 0.25) is 0 Å². The first-order valence-corrected chi connectivity index (χ1v) is 12.1. The lowest BCUT2D eigenvalue weighted by molar-refractivity contribution is 0.390. The molecule has 37 heavy (non-hydrogen) atoms. The molecule has 1 N–H and O–H groups in total. The second kappa shape index (κ2) is 10.5. The van der Waals surface area contributed by atoms with Gasteiger partial charge in [0.25, 0.3) is 0 Å². The molecule has 0 spiro atoms. The van der Waals surface area contributed by atoms with Crippen molar-refractivity contribution in [3.63, 3.8) is 0 Å². The Morgan fingerprint density at radius 2 is 1.59 bits per heavy atom. The van der Waals surface area contributed by atoms with E-state index in [-0.39, 0.29) is 5.69 Å². The number of hydrogen-bond acceptors (Lipinski definition) is 6. The number of hydrogen-bond donors (Lipinski definition) is 1. The summed E-state index contributed by atoms with van der Waals surface area (Å²) in [6.45, 7) is 2.55. The van der Waals surface area contributed by atoms with Crippen LogP contribution >= 0.6 is 0 Å². The summed E-state index contributed by atoms with van der Waals surface area (Å²) in [5, 5.41) is 14.3. The molecule has 2 heterocycles. The monoisotopic (exact) mass is 496 g/mol. The van der Waals surface area contributed by atoms with Crippen molar-refractivity contribution < 1.29 is 9.47 Å².